The zero-order valence-corrected chi connectivity index (χ0v) is 17.4. The minimum Gasteiger partial charge on any atom is -0.376 e. The lowest BCUT2D eigenvalue weighted by Gasteiger charge is -2.42. The van der Waals surface area contributed by atoms with Crippen LogP contribution in [0.1, 0.15) is 24.8 Å². The van der Waals surface area contributed by atoms with Gasteiger partial charge in [0.2, 0.25) is 5.91 Å². The van der Waals surface area contributed by atoms with E-state index in [1.54, 1.807) is 23.6 Å². The minimum atomic E-state index is -0.293. The molecule has 2 aromatic heterocycles. The van der Waals surface area contributed by atoms with Gasteiger partial charge in [-0.2, -0.15) is 0 Å². The SMILES string of the molecule is O=C(CCOCc1cccc2ncsc12)N1CC2CCC(C1)N2c1ccncc1F. The molecule has 2 fully saturated rings. The Bertz CT molecular complexity index is 1040. The number of piperazine rings is 1. The summed E-state index contributed by atoms with van der Waals surface area (Å²) in [5, 5.41) is 0. The predicted molar refractivity (Wildman–Crippen MR) is 114 cm³/mol. The monoisotopic (exact) mass is 426 g/mol. The standard InChI is InChI=1S/C22H23FN4O2S/c23-18-10-24-8-6-20(18)27-16-4-5-17(27)12-26(11-16)21(28)7-9-29-13-15-2-1-3-19-22(15)30-14-25-19/h1-3,6,8,10,14,16-17H,4-5,7,9,11-13H2. The molecule has 6 nitrogen and oxygen atoms in total. The number of fused-ring (bicyclic) bond motifs is 3. The van der Waals surface area contributed by atoms with Crippen LogP contribution in [0.2, 0.25) is 0 Å². The summed E-state index contributed by atoms with van der Waals surface area (Å²) in [5.41, 5.74) is 4.53. The molecule has 2 aliphatic rings. The van der Waals surface area contributed by atoms with Crippen molar-refractivity contribution in [1.82, 2.24) is 14.9 Å². The Labute approximate surface area is 178 Å². The molecule has 0 spiro atoms. The Morgan fingerprint density at radius 3 is 2.87 bits per heavy atom. The van der Waals surface area contributed by atoms with Crippen molar-refractivity contribution in [2.24, 2.45) is 0 Å². The maximum absolute atomic E-state index is 14.2. The minimum absolute atomic E-state index is 0.109. The van der Waals surface area contributed by atoms with Crippen LogP contribution in [0.15, 0.2) is 42.2 Å². The molecule has 0 aliphatic carbocycles. The zero-order chi connectivity index (χ0) is 20.5. The fourth-order valence-corrected chi connectivity index (χ4v) is 5.43. The molecule has 2 atom stereocenters. The van der Waals surface area contributed by atoms with Crippen LogP contribution in [0.4, 0.5) is 10.1 Å². The molecule has 2 saturated heterocycles. The van der Waals surface area contributed by atoms with E-state index in [1.165, 1.54) is 6.20 Å². The smallest absolute Gasteiger partial charge is 0.225 e. The number of ether oxygens (including phenoxy) is 1. The molecule has 30 heavy (non-hydrogen) atoms. The number of benzene rings is 1. The van der Waals surface area contributed by atoms with E-state index < -0.39 is 0 Å². The van der Waals surface area contributed by atoms with Gasteiger partial charge in [-0.15, -0.1) is 11.3 Å². The number of halogens is 1. The van der Waals surface area contributed by atoms with Gasteiger partial charge in [0.1, 0.15) is 0 Å². The third-order valence-corrected chi connectivity index (χ3v) is 6.94. The molecule has 5 rings (SSSR count). The highest BCUT2D eigenvalue weighted by Crippen LogP contribution is 2.36. The lowest BCUT2D eigenvalue weighted by atomic mass is 10.1. The van der Waals surface area contributed by atoms with Crippen LogP contribution in [0.3, 0.4) is 0 Å². The van der Waals surface area contributed by atoms with Gasteiger partial charge in [-0.25, -0.2) is 9.37 Å². The highest BCUT2D eigenvalue weighted by Gasteiger charge is 2.42. The number of nitrogens with zero attached hydrogens (tertiary/aromatic N) is 4. The van der Waals surface area contributed by atoms with Crippen LogP contribution in [0, 0.1) is 5.82 Å². The maximum Gasteiger partial charge on any atom is 0.225 e. The fraction of sp³-hybridized carbons (Fsp3) is 0.409. The van der Waals surface area contributed by atoms with Crippen LogP contribution in [0.5, 0.6) is 0 Å². The molecule has 2 bridgehead atoms. The molecule has 0 saturated carbocycles. The summed E-state index contributed by atoms with van der Waals surface area (Å²) < 4.78 is 21.2. The molecule has 8 heteroatoms. The number of amides is 1. The largest absolute Gasteiger partial charge is 0.376 e. The summed E-state index contributed by atoms with van der Waals surface area (Å²) in [4.78, 5) is 25.0. The molecule has 2 aliphatic heterocycles. The average Bonchev–Trinajstić information content (AvgIpc) is 3.33. The van der Waals surface area contributed by atoms with Gasteiger partial charge in [-0.05, 0) is 30.5 Å². The highest BCUT2D eigenvalue weighted by atomic mass is 32.1. The molecule has 0 N–H and O–H groups in total. The van der Waals surface area contributed by atoms with Crippen LogP contribution >= 0.6 is 11.3 Å². The van der Waals surface area contributed by atoms with Crippen LogP contribution in [0.25, 0.3) is 10.2 Å². The second kappa shape index (κ2) is 8.28. The van der Waals surface area contributed by atoms with Crippen molar-refractivity contribution in [1.29, 1.82) is 0 Å². The molecular weight excluding hydrogens is 403 g/mol. The summed E-state index contributed by atoms with van der Waals surface area (Å²) in [6.45, 7) is 2.14. The van der Waals surface area contributed by atoms with Crippen molar-refractivity contribution in [2.45, 2.75) is 38.0 Å². The van der Waals surface area contributed by atoms with E-state index in [0.29, 0.717) is 38.4 Å². The number of carbonyl (C=O) groups is 1. The van der Waals surface area contributed by atoms with Gasteiger partial charge < -0.3 is 14.5 Å². The van der Waals surface area contributed by atoms with Crippen molar-refractivity contribution in [2.75, 3.05) is 24.6 Å². The molecule has 1 amide bonds. The van der Waals surface area contributed by atoms with Gasteiger partial charge in [0.25, 0.3) is 0 Å². The number of likely N-dealkylation sites (tertiary alicyclic amines) is 1. The Morgan fingerprint density at radius 2 is 2.07 bits per heavy atom. The molecule has 3 aromatic rings. The molecule has 4 heterocycles. The van der Waals surface area contributed by atoms with E-state index in [9.17, 15) is 9.18 Å². The molecule has 1 aromatic carbocycles. The van der Waals surface area contributed by atoms with E-state index >= 15 is 0 Å². The van der Waals surface area contributed by atoms with Gasteiger partial charge >= 0.3 is 0 Å². The van der Waals surface area contributed by atoms with E-state index in [0.717, 1.165) is 28.6 Å². The van der Waals surface area contributed by atoms with Crippen LogP contribution in [-0.2, 0) is 16.1 Å². The summed E-state index contributed by atoms with van der Waals surface area (Å²) in [5.74, 6) is -0.184. The van der Waals surface area contributed by atoms with E-state index in [1.807, 2.05) is 28.6 Å². The van der Waals surface area contributed by atoms with Gasteiger partial charge in [0.15, 0.2) is 5.82 Å². The number of pyridine rings is 1. The van der Waals surface area contributed by atoms with Crippen molar-refractivity contribution in [3.8, 4) is 0 Å². The van der Waals surface area contributed by atoms with E-state index in [-0.39, 0.29) is 23.8 Å². The van der Waals surface area contributed by atoms with Crippen LogP contribution < -0.4 is 4.90 Å². The first-order chi connectivity index (χ1) is 14.7. The van der Waals surface area contributed by atoms with Gasteiger partial charge in [-0.3, -0.25) is 9.78 Å². The highest BCUT2D eigenvalue weighted by molar-refractivity contribution is 7.16. The summed E-state index contributed by atoms with van der Waals surface area (Å²) in [7, 11) is 0. The summed E-state index contributed by atoms with van der Waals surface area (Å²) >= 11 is 1.61. The molecule has 2 unspecified atom stereocenters. The lowest BCUT2D eigenvalue weighted by Crippen LogP contribution is -2.55. The van der Waals surface area contributed by atoms with Gasteiger partial charge in [-0.1, -0.05) is 12.1 Å². The Morgan fingerprint density at radius 1 is 1.23 bits per heavy atom. The molecular formula is C22H23FN4O2S. The van der Waals surface area contributed by atoms with E-state index in [2.05, 4.69) is 14.9 Å². The van der Waals surface area contributed by atoms with Crippen molar-refractivity contribution in [3.63, 3.8) is 0 Å². The lowest BCUT2D eigenvalue weighted by molar-refractivity contribution is -0.133. The Balaban J connectivity index is 1.15. The van der Waals surface area contributed by atoms with Crippen molar-refractivity contribution >= 4 is 33.1 Å². The Hall–Kier alpha value is -2.58. The zero-order valence-electron chi connectivity index (χ0n) is 16.5. The predicted octanol–water partition coefficient (Wildman–Crippen LogP) is 3.62. The van der Waals surface area contributed by atoms with E-state index in [4.69, 9.17) is 4.74 Å². The number of anilines is 1. The number of hydrogen-bond donors (Lipinski definition) is 0. The first-order valence-corrected chi connectivity index (χ1v) is 11.1. The van der Waals surface area contributed by atoms with Gasteiger partial charge in [0.05, 0.1) is 47.2 Å². The number of carbonyl (C=O) groups excluding carboxylic acids is 1. The summed E-state index contributed by atoms with van der Waals surface area (Å²) in [6, 6.07) is 8.06. The second-order valence-electron chi connectivity index (χ2n) is 7.84. The maximum atomic E-state index is 14.2. The molecule has 0 radical (unpaired) electrons. The topological polar surface area (TPSA) is 58.6 Å². The number of hydrogen-bond acceptors (Lipinski definition) is 6. The normalized spacial score (nSPS) is 20.8. The summed E-state index contributed by atoms with van der Waals surface area (Å²) in [6.07, 6.45) is 5.20. The quantitative estimate of drug-likeness (QED) is 0.564. The van der Waals surface area contributed by atoms with Crippen molar-refractivity contribution < 1.29 is 13.9 Å². The third-order valence-electron chi connectivity index (χ3n) is 6.02. The number of thiazole rings is 1. The second-order valence-corrected chi connectivity index (χ2v) is 8.69. The average molecular weight is 427 g/mol. The van der Waals surface area contributed by atoms with Gasteiger partial charge in [0, 0.05) is 31.4 Å². The number of rotatable bonds is 6. The van der Waals surface area contributed by atoms with Crippen LogP contribution in [-0.4, -0.2) is 52.6 Å². The first-order valence-electron chi connectivity index (χ1n) is 10.2. The number of aromatic nitrogens is 2. The first kappa shape index (κ1) is 19.4. The Kier molecular flexibility index (Phi) is 5.35. The van der Waals surface area contributed by atoms with Crippen molar-refractivity contribution in [3.05, 3.63) is 53.6 Å². The molecule has 156 valence electrons. The third kappa shape index (κ3) is 3.65. The fourth-order valence-electron chi connectivity index (χ4n) is 4.64.